The van der Waals surface area contributed by atoms with Crippen molar-refractivity contribution < 1.29 is 18.7 Å². The number of fused-ring (bicyclic) bond motifs is 2. The zero-order valence-electron chi connectivity index (χ0n) is 19.7. The highest BCUT2D eigenvalue weighted by molar-refractivity contribution is 6.01. The van der Waals surface area contributed by atoms with Gasteiger partial charge in [-0.1, -0.05) is 32.9 Å². The van der Waals surface area contributed by atoms with Crippen LogP contribution < -0.4 is 10.9 Å². The molecule has 0 atom stereocenters. The second-order valence-corrected chi connectivity index (χ2v) is 9.54. The molecular weight excluding hydrogens is 418 g/mol. The van der Waals surface area contributed by atoms with E-state index < -0.39 is 5.63 Å². The summed E-state index contributed by atoms with van der Waals surface area (Å²) < 4.78 is 11.5. The Morgan fingerprint density at radius 1 is 1.03 bits per heavy atom. The van der Waals surface area contributed by atoms with Crippen LogP contribution in [0.5, 0.6) is 0 Å². The molecule has 0 saturated carbocycles. The normalized spacial score (nSPS) is 11.9. The zero-order valence-corrected chi connectivity index (χ0v) is 19.7. The fourth-order valence-corrected chi connectivity index (χ4v) is 4.23. The van der Waals surface area contributed by atoms with E-state index in [-0.39, 0.29) is 24.3 Å². The van der Waals surface area contributed by atoms with Gasteiger partial charge < -0.3 is 19.3 Å². The predicted octanol–water partition coefficient (Wildman–Crippen LogP) is 5.17. The summed E-state index contributed by atoms with van der Waals surface area (Å²) in [5.41, 5.74) is 5.13. The van der Waals surface area contributed by atoms with E-state index >= 15 is 0 Å². The minimum atomic E-state index is -0.515. The quantitative estimate of drug-likeness (QED) is 0.412. The van der Waals surface area contributed by atoms with Crippen LogP contribution in [0, 0.1) is 13.8 Å². The topological polar surface area (TPSA) is 92.7 Å². The second-order valence-electron chi connectivity index (χ2n) is 9.54. The van der Waals surface area contributed by atoms with Gasteiger partial charge in [0.05, 0.1) is 18.2 Å². The molecule has 172 valence electrons. The number of hydrogen-bond acceptors (Lipinski definition) is 5. The Balaban J connectivity index is 1.71. The van der Waals surface area contributed by atoms with Crippen molar-refractivity contribution in [1.29, 1.82) is 0 Å². The highest BCUT2D eigenvalue weighted by atomic mass is 16.4. The lowest BCUT2D eigenvalue weighted by Crippen LogP contribution is -2.20. The summed E-state index contributed by atoms with van der Waals surface area (Å²) in [5.74, 6) is -0.295. The second kappa shape index (κ2) is 8.52. The summed E-state index contributed by atoms with van der Waals surface area (Å²) in [6, 6.07) is 9.28. The Hall–Kier alpha value is -3.38. The van der Waals surface area contributed by atoms with Crippen molar-refractivity contribution in [3.63, 3.8) is 0 Å². The maximum atomic E-state index is 12.8. The van der Waals surface area contributed by atoms with E-state index in [0.717, 1.165) is 33.0 Å². The molecule has 0 radical (unpaired) electrons. The van der Waals surface area contributed by atoms with E-state index in [1.807, 2.05) is 32.0 Å². The summed E-state index contributed by atoms with van der Waals surface area (Å²) in [7, 11) is 0. The Kier molecular flexibility index (Phi) is 5.89. The summed E-state index contributed by atoms with van der Waals surface area (Å²) in [6.45, 7) is 10.2. The lowest BCUT2D eigenvalue weighted by Gasteiger charge is -2.17. The number of furan rings is 1. The first-order valence-corrected chi connectivity index (χ1v) is 11.1. The van der Waals surface area contributed by atoms with Gasteiger partial charge in [-0.2, -0.15) is 0 Å². The molecule has 0 bridgehead atoms. The number of aliphatic hydroxyl groups is 1. The first-order valence-electron chi connectivity index (χ1n) is 11.1. The molecule has 2 heterocycles. The molecule has 0 aliphatic rings. The number of aliphatic hydroxyl groups excluding tert-OH is 1. The van der Waals surface area contributed by atoms with Crippen LogP contribution >= 0.6 is 0 Å². The van der Waals surface area contributed by atoms with Crippen molar-refractivity contribution in [3.8, 4) is 0 Å². The molecule has 2 aromatic heterocycles. The Morgan fingerprint density at radius 3 is 2.36 bits per heavy atom. The van der Waals surface area contributed by atoms with Crippen LogP contribution in [0.4, 0.5) is 5.69 Å². The third-order valence-corrected chi connectivity index (χ3v) is 6.13. The molecule has 4 rings (SSSR count). The number of benzene rings is 2. The van der Waals surface area contributed by atoms with E-state index in [4.69, 9.17) is 13.9 Å². The minimum absolute atomic E-state index is 0.0740. The van der Waals surface area contributed by atoms with E-state index in [9.17, 15) is 9.59 Å². The summed E-state index contributed by atoms with van der Waals surface area (Å²) in [6.07, 6.45) is 2.24. The Labute approximate surface area is 192 Å². The molecule has 0 spiro atoms. The average molecular weight is 448 g/mol. The molecule has 0 aliphatic carbocycles. The number of anilines is 1. The van der Waals surface area contributed by atoms with Crippen molar-refractivity contribution in [2.75, 3.05) is 11.9 Å². The van der Waals surface area contributed by atoms with Crippen molar-refractivity contribution >= 4 is 33.5 Å². The number of carbonyl (C=O) groups excluding carboxylic acids is 1. The molecule has 6 heteroatoms. The number of carbonyl (C=O) groups is 1. The van der Waals surface area contributed by atoms with Gasteiger partial charge >= 0.3 is 5.63 Å². The largest absolute Gasteiger partial charge is 0.464 e. The average Bonchev–Trinajstić information content (AvgIpc) is 3.19. The number of hydrogen-bond donors (Lipinski definition) is 2. The fraction of sp³-hybridized carbons (Fsp3) is 0.333. The Bertz CT molecular complexity index is 1400. The number of nitrogens with one attached hydrogen (secondary N) is 1. The van der Waals surface area contributed by atoms with Gasteiger partial charge in [0.1, 0.15) is 11.2 Å². The van der Waals surface area contributed by atoms with Gasteiger partial charge in [-0.05, 0) is 55.0 Å². The minimum Gasteiger partial charge on any atom is -0.464 e. The van der Waals surface area contributed by atoms with E-state index in [1.54, 1.807) is 18.4 Å². The van der Waals surface area contributed by atoms with Gasteiger partial charge in [-0.15, -0.1) is 0 Å². The first-order chi connectivity index (χ1) is 15.6. The Morgan fingerprint density at radius 2 is 1.73 bits per heavy atom. The van der Waals surface area contributed by atoms with Crippen LogP contribution in [-0.4, -0.2) is 17.6 Å². The third-order valence-electron chi connectivity index (χ3n) is 6.13. The molecule has 2 aromatic carbocycles. The summed E-state index contributed by atoms with van der Waals surface area (Å²) >= 11 is 0. The first kappa shape index (κ1) is 22.8. The fourth-order valence-electron chi connectivity index (χ4n) is 4.23. The van der Waals surface area contributed by atoms with E-state index in [2.05, 4.69) is 26.1 Å². The number of aryl methyl sites for hydroxylation is 2. The van der Waals surface area contributed by atoms with Gasteiger partial charge in [0.2, 0.25) is 5.91 Å². The van der Waals surface area contributed by atoms with Gasteiger partial charge in [0, 0.05) is 34.2 Å². The van der Waals surface area contributed by atoms with Gasteiger partial charge in [-0.3, -0.25) is 4.79 Å². The van der Waals surface area contributed by atoms with Crippen molar-refractivity contribution in [1.82, 2.24) is 0 Å². The SMILES string of the molecule is Cc1c(CC(=O)Nc2ccc(CCO)cc2)c(=O)oc2c(C)c3occ(C(C)(C)C)c3cc12. The molecule has 0 aliphatic heterocycles. The van der Waals surface area contributed by atoms with Gasteiger partial charge in [0.25, 0.3) is 0 Å². The highest BCUT2D eigenvalue weighted by Crippen LogP contribution is 2.37. The number of rotatable bonds is 5. The van der Waals surface area contributed by atoms with E-state index in [1.165, 1.54) is 0 Å². The molecule has 1 amide bonds. The monoisotopic (exact) mass is 447 g/mol. The standard InChI is InChI=1S/C27H29NO5/c1-15-19-12-21-22(27(3,4)5)14-32-24(21)16(2)25(19)33-26(31)20(15)13-23(30)28-18-8-6-17(7-9-18)10-11-29/h6-9,12,14,29H,10-11,13H2,1-5H3,(H,28,30). The molecular formula is C27H29NO5. The van der Waals surface area contributed by atoms with Crippen molar-refractivity contribution in [3.05, 3.63) is 74.8 Å². The van der Waals surface area contributed by atoms with Gasteiger partial charge in [0.15, 0.2) is 0 Å². The summed E-state index contributed by atoms with van der Waals surface area (Å²) in [4.78, 5) is 25.5. The van der Waals surface area contributed by atoms with Crippen molar-refractivity contribution in [2.45, 2.75) is 52.9 Å². The molecule has 33 heavy (non-hydrogen) atoms. The predicted molar refractivity (Wildman–Crippen MR) is 130 cm³/mol. The smallest absolute Gasteiger partial charge is 0.340 e. The van der Waals surface area contributed by atoms with Crippen LogP contribution in [-0.2, 0) is 23.1 Å². The van der Waals surface area contributed by atoms with Gasteiger partial charge in [-0.25, -0.2) is 4.79 Å². The zero-order chi connectivity index (χ0) is 23.9. The van der Waals surface area contributed by atoms with Crippen LogP contribution in [0.2, 0.25) is 0 Å². The lowest BCUT2D eigenvalue weighted by atomic mass is 9.86. The lowest BCUT2D eigenvalue weighted by molar-refractivity contribution is -0.115. The van der Waals surface area contributed by atoms with E-state index in [0.29, 0.717) is 28.8 Å². The van der Waals surface area contributed by atoms with Crippen LogP contribution in [0.3, 0.4) is 0 Å². The van der Waals surface area contributed by atoms with Crippen LogP contribution in [0.15, 0.2) is 50.2 Å². The van der Waals surface area contributed by atoms with Crippen molar-refractivity contribution in [2.24, 2.45) is 0 Å². The van der Waals surface area contributed by atoms with Crippen LogP contribution in [0.1, 0.15) is 48.6 Å². The third kappa shape index (κ3) is 4.31. The maximum Gasteiger partial charge on any atom is 0.340 e. The van der Waals surface area contributed by atoms with Crippen LogP contribution in [0.25, 0.3) is 21.9 Å². The molecule has 4 aromatic rings. The molecule has 0 unspecified atom stereocenters. The maximum absolute atomic E-state index is 12.8. The molecule has 6 nitrogen and oxygen atoms in total. The molecule has 0 fully saturated rings. The summed E-state index contributed by atoms with van der Waals surface area (Å²) in [5, 5.41) is 13.7. The number of amides is 1. The molecule has 0 saturated heterocycles. The highest BCUT2D eigenvalue weighted by Gasteiger charge is 2.24. The molecule has 2 N–H and O–H groups in total.